The molecule has 1 aromatic rings. The first kappa shape index (κ1) is 10.8. The standard InChI is InChI=1S/C14H18N2O/c1-9-4-5-15-13(6-9)16-14(17)12-8-10-2-3-11(12)7-10/h4-6,10-12H,2-3,7-8H2,1H3,(H,15,16,17)/t10-,11-,12+/m0/s1. The van der Waals surface area contributed by atoms with Crippen molar-refractivity contribution in [3.8, 4) is 0 Å². The maximum atomic E-state index is 12.2. The Labute approximate surface area is 102 Å². The molecule has 0 saturated heterocycles. The summed E-state index contributed by atoms with van der Waals surface area (Å²) >= 11 is 0. The van der Waals surface area contributed by atoms with Crippen molar-refractivity contribution in [2.24, 2.45) is 17.8 Å². The fourth-order valence-corrected chi connectivity index (χ4v) is 3.39. The number of carbonyl (C=O) groups is 1. The van der Waals surface area contributed by atoms with E-state index in [-0.39, 0.29) is 11.8 Å². The quantitative estimate of drug-likeness (QED) is 0.848. The van der Waals surface area contributed by atoms with Crippen LogP contribution in [-0.4, -0.2) is 10.9 Å². The van der Waals surface area contributed by atoms with Crippen LogP contribution in [0.15, 0.2) is 18.3 Å². The third-order valence-electron chi connectivity index (χ3n) is 4.24. The second kappa shape index (κ2) is 4.13. The molecular formula is C14H18N2O. The van der Waals surface area contributed by atoms with Gasteiger partial charge < -0.3 is 5.32 Å². The molecule has 3 nitrogen and oxygen atoms in total. The van der Waals surface area contributed by atoms with E-state index in [1.807, 2.05) is 19.1 Å². The van der Waals surface area contributed by atoms with Gasteiger partial charge in [-0.05, 0) is 55.7 Å². The molecule has 0 aliphatic heterocycles. The molecule has 2 saturated carbocycles. The highest BCUT2D eigenvalue weighted by molar-refractivity contribution is 5.92. The molecule has 0 aromatic carbocycles. The van der Waals surface area contributed by atoms with E-state index in [0.29, 0.717) is 11.7 Å². The van der Waals surface area contributed by atoms with Crippen LogP contribution in [0.3, 0.4) is 0 Å². The molecule has 2 aliphatic rings. The Hall–Kier alpha value is -1.38. The van der Waals surface area contributed by atoms with Gasteiger partial charge in [0.25, 0.3) is 0 Å². The number of carbonyl (C=O) groups excluding carboxylic acids is 1. The number of nitrogens with zero attached hydrogens (tertiary/aromatic N) is 1. The van der Waals surface area contributed by atoms with Crippen molar-refractivity contribution in [1.29, 1.82) is 0 Å². The number of nitrogens with one attached hydrogen (secondary N) is 1. The highest BCUT2D eigenvalue weighted by atomic mass is 16.2. The van der Waals surface area contributed by atoms with Crippen LogP contribution in [-0.2, 0) is 4.79 Å². The van der Waals surface area contributed by atoms with Gasteiger partial charge in [0.2, 0.25) is 5.91 Å². The minimum Gasteiger partial charge on any atom is -0.310 e. The number of pyridine rings is 1. The van der Waals surface area contributed by atoms with E-state index < -0.39 is 0 Å². The summed E-state index contributed by atoms with van der Waals surface area (Å²) < 4.78 is 0. The van der Waals surface area contributed by atoms with Crippen molar-refractivity contribution in [1.82, 2.24) is 4.98 Å². The van der Waals surface area contributed by atoms with Gasteiger partial charge in [0.1, 0.15) is 5.82 Å². The number of anilines is 1. The molecule has 0 spiro atoms. The number of hydrogen-bond acceptors (Lipinski definition) is 2. The maximum Gasteiger partial charge on any atom is 0.228 e. The largest absolute Gasteiger partial charge is 0.310 e. The van der Waals surface area contributed by atoms with Crippen LogP contribution in [0.5, 0.6) is 0 Å². The molecule has 2 fully saturated rings. The molecule has 0 radical (unpaired) electrons. The van der Waals surface area contributed by atoms with Crippen molar-refractivity contribution in [2.75, 3.05) is 5.32 Å². The summed E-state index contributed by atoms with van der Waals surface area (Å²) in [5, 5.41) is 2.96. The fraction of sp³-hybridized carbons (Fsp3) is 0.571. The smallest absolute Gasteiger partial charge is 0.228 e. The van der Waals surface area contributed by atoms with Gasteiger partial charge in [-0.1, -0.05) is 6.42 Å². The van der Waals surface area contributed by atoms with Gasteiger partial charge in [0, 0.05) is 12.1 Å². The summed E-state index contributed by atoms with van der Waals surface area (Å²) in [5.74, 6) is 2.54. The summed E-state index contributed by atoms with van der Waals surface area (Å²) in [5.41, 5.74) is 1.13. The molecule has 0 unspecified atom stereocenters. The lowest BCUT2D eigenvalue weighted by Crippen LogP contribution is -2.27. The fourth-order valence-electron chi connectivity index (χ4n) is 3.39. The lowest BCUT2D eigenvalue weighted by atomic mass is 9.88. The number of fused-ring (bicyclic) bond motifs is 2. The topological polar surface area (TPSA) is 42.0 Å². The van der Waals surface area contributed by atoms with E-state index in [2.05, 4.69) is 10.3 Å². The van der Waals surface area contributed by atoms with Gasteiger partial charge in [0.15, 0.2) is 0 Å². The van der Waals surface area contributed by atoms with E-state index in [0.717, 1.165) is 17.9 Å². The van der Waals surface area contributed by atoms with Crippen LogP contribution < -0.4 is 5.32 Å². The molecule has 3 atom stereocenters. The Morgan fingerprint density at radius 1 is 1.41 bits per heavy atom. The highest BCUT2D eigenvalue weighted by Gasteiger charge is 2.43. The van der Waals surface area contributed by atoms with Crippen LogP contribution in [0.25, 0.3) is 0 Å². The molecule has 2 bridgehead atoms. The van der Waals surface area contributed by atoms with Crippen molar-refractivity contribution >= 4 is 11.7 Å². The van der Waals surface area contributed by atoms with Crippen LogP contribution in [0, 0.1) is 24.7 Å². The molecule has 3 heteroatoms. The van der Waals surface area contributed by atoms with Crippen LogP contribution in [0.2, 0.25) is 0 Å². The Kier molecular flexibility index (Phi) is 2.61. The minimum absolute atomic E-state index is 0.176. The minimum atomic E-state index is 0.176. The lowest BCUT2D eigenvalue weighted by Gasteiger charge is -2.20. The monoisotopic (exact) mass is 230 g/mol. The van der Waals surface area contributed by atoms with Crippen molar-refractivity contribution in [3.63, 3.8) is 0 Å². The number of aromatic nitrogens is 1. The molecule has 90 valence electrons. The lowest BCUT2D eigenvalue weighted by molar-refractivity contribution is -0.121. The molecular weight excluding hydrogens is 212 g/mol. The summed E-state index contributed by atoms with van der Waals surface area (Å²) in [6.45, 7) is 2.01. The molecule has 1 heterocycles. The maximum absolute atomic E-state index is 12.2. The molecule has 1 aromatic heterocycles. The van der Waals surface area contributed by atoms with E-state index in [9.17, 15) is 4.79 Å². The third-order valence-corrected chi connectivity index (χ3v) is 4.24. The second-order valence-corrected chi connectivity index (χ2v) is 5.49. The van der Waals surface area contributed by atoms with Gasteiger partial charge in [-0.3, -0.25) is 4.79 Å². The van der Waals surface area contributed by atoms with Gasteiger partial charge in [0.05, 0.1) is 0 Å². The molecule has 17 heavy (non-hydrogen) atoms. The van der Waals surface area contributed by atoms with Gasteiger partial charge in [-0.2, -0.15) is 0 Å². The van der Waals surface area contributed by atoms with Crippen LogP contribution >= 0.6 is 0 Å². The number of amides is 1. The molecule has 2 aliphatic carbocycles. The third kappa shape index (κ3) is 2.06. The van der Waals surface area contributed by atoms with Crippen molar-refractivity contribution < 1.29 is 4.79 Å². The highest BCUT2D eigenvalue weighted by Crippen LogP contribution is 2.48. The predicted octanol–water partition coefficient (Wildman–Crippen LogP) is 2.76. The zero-order valence-electron chi connectivity index (χ0n) is 10.1. The first-order valence-corrected chi connectivity index (χ1v) is 6.46. The Bertz CT molecular complexity index is 444. The van der Waals surface area contributed by atoms with Gasteiger partial charge in [-0.25, -0.2) is 4.98 Å². The summed E-state index contributed by atoms with van der Waals surface area (Å²) in [7, 11) is 0. The molecule has 1 amide bonds. The van der Waals surface area contributed by atoms with E-state index >= 15 is 0 Å². The number of aryl methyl sites for hydroxylation is 1. The predicted molar refractivity (Wildman–Crippen MR) is 66.5 cm³/mol. The SMILES string of the molecule is Cc1ccnc(NC(=O)[C@@H]2C[C@H]3CC[C@H]2C3)c1. The second-order valence-electron chi connectivity index (χ2n) is 5.49. The summed E-state index contributed by atoms with van der Waals surface area (Å²) in [4.78, 5) is 16.3. The first-order valence-electron chi connectivity index (χ1n) is 6.46. The normalized spacial score (nSPS) is 30.5. The van der Waals surface area contributed by atoms with Crippen LogP contribution in [0.1, 0.15) is 31.2 Å². The number of hydrogen-bond donors (Lipinski definition) is 1. The summed E-state index contributed by atoms with van der Waals surface area (Å²) in [6, 6.07) is 3.86. The summed E-state index contributed by atoms with van der Waals surface area (Å²) in [6.07, 6.45) is 6.66. The molecule has 3 rings (SSSR count). The molecule has 1 N–H and O–H groups in total. The van der Waals surface area contributed by atoms with Gasteiger partial charge in [-0.15, -0.1) is 0 Å². The van der Waals surface area contributed by atoms with E-state index in [1.54, 1.807) is 6.20 Å². The average Bonchev–Trinajstić information content (AvgIpc) is 2.90. The van der Waals surface area contributed by atoms with E-state index in [4.69, 9.17) is 0 Å². The van der Waals surface area contributed by atoms with Crippen molar-refractivity contribution in [3.05, 3.63) is 23.9 Å². The van der Waals surface area contributed by atoms with Gasteiger partial charge >= 0.3 is 0 Å². The zero-order chi connectivity index (χ0) is 11.8. The Morgan fingerprint density at radius 3 is 2.94 bits per heavy atom. The van der Waals surface area contributed by atoms with Crippen LogP contribution in [0.4, 0.5) is 5.82 Å². The average molecular weight is 230 g/mol. The first-order chi connectivity index (χ1) is 8.22. The number of rotatable bonds is 2. The zero-order valence-corrected chi connectivity index (χ0v) is 10.1. The van der Waals surface area contributed by atoms with Crippen molar-refractivity contribution in [2.45, 2.75) is 32.6 Å². The van der Waals surface area contributed by atoms with E-state index in [1.165, 1.54) is 19.3 Å². The Balaban J connectivity index is 1.68. The Morgan fingerprint density at radius 2 is 2.29 bits per heavy atom.